The van der Waals surface area contributed by atoms with E-state index in [1.807, 2.05) is 6.92 Å². The molecule has 1 aliphatic heterocycles. The summed E-state index contributed by atoms with van der Waals surface area (Å²) in [5.74, 6) is 0. The maximum Gasteiger partial charge on any atom is 0.133 e. The molecule has 1 heterocycles. The number of hydrogen-bond donors (Lipinski definition) is 0. The lowest BCUT2D eigenvalue weighted by Gasteiger charge is -2.19. The Balaban J connectivity index is 1.97. The Kier molecular flexibility index (Phi) is 2.87. The van der Waals surface area contributed by atoms with E-state index in [0.717, 1.165) is 31.4 Å². The Morgan fingerprint density at radius 3 is 2.72 bits per heavy atom. The molecular formula is C16H16ClN. The minimum atomic E-state index is 0.660. The summed E-state index contributed by atoms with van der Waals surface area (Å²) in [6.07, 6.45) is 4.12. The fourth-order valence-corrected chi connectivity index (χ4v) is 3.03. The van der Waals surface area contributed by atoms with Gasteiger partial charge in [-0.1, -0.05) is 42.0 Å². The quantitative estimate of drug-likeness (QED) is 0.519. The van der Waals surface area contributed by atoms with E-state index < -0.39 is 0 Å². The first-order valence-corrected chi connectivity index (χ1v) is 6.73. The lowest BCUT2D eigenvalue weighted by atomic mass is 9.86. The molecule has 0 spiro atoms. The van der Waals surface area contributed by atoms with E-state index in [9.17, 15) is 0 Å². The van der Waals surface area contributed by atoms with Gasteiger partial charge in [0.2, 0.25) is 0 Å². The molecule has 0 bridgehead atoms. The first kappa shape index (κ1) is 11.7. The molecule has 0 aromatic heterocycles. The molecule has 0 saturated heterocycles. The Labute approximate surface area is 113 Å². The molecule has 0 unspecified atom stereocenters. The number of rotatable bonds is 1. The van der Waals surface area contributed by atoms with Gasteiger partial charge in [-0.2, -0.15) is 0 Å². The molecule has 1 aromatic rings. The number of benzene rings is 1. The van der Waals surface area contributed by atoms with Gasteiger partial charge in [0.25, 0.3) is 0 Å². The molecule has 0 amide bonds. The molecule has 3 rings (SSSR count). The van der Waals surface area contributed by atoms with Crippen molar-refractivity contribution < 1.29 is 0 Å². The molecule has 1 nitrogen and oxygen atoms in total. The fraction of sp³-hybridized carbons (Fsp3) is 0.312. The van der Waals surface area contributed by atoms with Crippen LogP contribution in [0.3, 0.4) is 0 Å². The topological polar surface area (TPSA) is 12.4 Å². The van der Waals surface area contributed by atoms with Gasteiger partial charge < -0.3 is 0 Å². The van der Waals surface area contributed by atoms with Crippen molar-refractivity contribution >= 4 is 22.9 Å². The van der Waals surface area contributed by atoms with Gasteiger partial charge in [-0.3, -0.25) is 0 Å². The number of fused-ring (bicyclic) bond motifs is 1. The highest BCUT2D eigenvalue weighted by molar-refractivity contribution is 6.34. The van der Waals surface area contributed by atoms with E-state index >= 15 is 0 Å². The number of nitrogens with zero attached hydrogens (tertiary/aromatic N) is 1. The van der Waals surface area contributed by atoms with Crippen molar-refractivity contribution in [3.05, 3.63) is 52.2 Å². The second-order valence-electron chi connectivity index (χ2n) is 5.20. The highest BCUT2D eigenvalue weighted by Crippen LogP contribution is 2.34. The van der Waals surface area contributed by atoms with Gasteiger partial charge in [0.05, 0.1) is 0 Å². The van der Waals surface area contributed by atoms with E-state index in [-0.39, 0.29) is 0 Å². The zero-order chi connectivity index (χ0) is 12.7. The van der Waals surface area contributed by atoms with Crippen molar-refractivity contribution in [1.29, 1.82) is 0 Å². The molecule has 0 N–H and O–H groups in total. The summed E-state index contributed by atoms with van der Waals surface area (Å²) in [7, 11) is 0. The molecule has 92 valence electrons. The van der Waals surface area contributed by atoms with Gasteiger partial charge in [-0.05, 0) is 42.9 Å². The van der Waals surface area contributed by atoms with Gasteiger partial charge in [-0.25, -0.2) is 4.99 Å². The predicted molar refractivity (Wildman–Crippen MR) is 78.1 cm³/mol. The second kappa shape index (κ2) is 4.40. The van der Waals surface area contributed by atoms with E-state index in [0.29, 0.717) is 5.16 Å². The second-order valence-corrected chi connectivity index (χ2v) is 5.56. The first-order chi connectivity index (χ1) is 8.63. The minimum Gasteiger partial charge on any atom is -0.245 e. The largest absolute Gasteiger partial charge is 0.245 e. The van der Waals surface area contributed by atoms with Crippen LogP contribution in [0.4, 0.5) is 0 Å². The van der Waals surface area contributed by atoms with Crippen molar-refractivity contribution in [2.45, 2.75) is 32.6 Å². The molecule has 2 aliphatic rings. The Morgan fingerprint density at radius 2 is 2.00 bits per heavy atom. The maximum absolute atomic E-state index is 6.19. The Hall–Kier alpha value is -1.34. The van der Waals surface area contributed by atoms with Crippen LogP contribution >= 0.6 is 11.6 Å². The summed E-state index contributed by atoms with van der Waals surface area (Å²) in [6, 6.07) is 6.68. The average molecular weight is 258 g/mol. The highest BCUT2D eigenvalue weighted by atomic mass is 35.5. The zero-order valence-corrected chi connectivity index (χ0v) is 11.3. The molecule has 0 saturated carbocycles. The smallest absolute Gasteiger partial charge is 0.133 e. The standard InChI is InChI=1S/C16H16ClN/c1-10-3-4-13-9-14(6-5-12(13)7-10)15-8-11(2)18-16(15)17/h5-6,9H,1,3-4,7-8H2,2H3. The number of aliphatic imine (C=N–C) groups is 1. The third-order valence-corrected chi connectivity index (χ3v) is 4.03. The normalized spacial score (nSPS) is 19.0. The monoisotopic (exact) mass is 257 g/mol. The van der Waals surface area contributed by atoms with Gasteiger partial charge >= 0.3 is 0 Å². The summed E-state index contributed by atoms with van der Waals surface area (Å²) in [5, 5.41) is 0.660. The minimum absolute atomic E-state index is 0.660. The van der Waals surface area contributed by atoms with Gasteiger partial charge in [0, 0.05) is 17.7 Å². The maximum atomic E-state index is 6.19. The van der Waals surface area contributed by atoms with E-state index in [1.165, 1.54) is 27.8 Å². The van der Waals surface area contributed by atoms with Crippen molar-refractivity contribution in [1.82, 2.24) is 0 Å². The van der Waals surface area contributed by atoms with Gasteiger partial charge in [-0.15, -0.1) is 0 Å². The van der Waals surface area contributed by atoms with E-state index in [2.05, 4.69) is 29.8 Å². The van der Waals surface area contributed by atoms with Crippen LogP contribution in [0.1, 0.15) is 36.5 Å². The Bertz CT molecular complexity index is 593. The Morgan fingerprint density at radius 1 is 1.17 bits per heavy atom. The lowest BCUT2D eigenvalue weighted by Crippen LogP contribution is -2.05. The third-order valence-electron chi connectivity index (χ3n) is 3.71. The van der Waals surface area contributed by atoms with Crippen LogP contribution in [-0.4, -0.2) is 5.71 Å². The van der Waals surface area contributed by atoms with Crippen LogP contribution in [0.15, 0.2) is 40.5 Å². The molecule has 0 fully saturated rings. The molecule has 1 aliphatic carbocycles. The fourth-order valence-electron chi connectivity index (χ4n) is 2.71. The zero-order valence-electron chi connectivity index (χ0n) is 10.6. The first-order valence-electron chi connectivity index (χ1n) is 6.35. The predicted octanol–water partition coefficient (Wildman–Crippen LogP) is 4.50. The summed E-state index contributed by atoms with van der Waals surface area (Å²) in [4.78, 5) is 4.32. The average Bonchev–Trinajstić information content (AvgIpc) is 2.68. The lowest BCUT2D eigenvalue weighted by molar-refractivity contribution is 0.840. The van der Waals surface area contributed by atoms with Crippen molar-refractivity contribution in [2.24, 2.45) is 4.99 Å². The number of aryl methyl sites for hydroxylation is 1. The molecule has 1 aromatic carbocycles. The van der Waals surface area contributed by atoms with Crippen LogP contribution in [0.5, 0.6) is 0 Å². The number of allylic oxidation sites excluding steroid dienone is 2. The molecule has 18 heavy (non-hydrogen) atoms. The van der Waals surface area contributed by atoms with Crippen LogP contribution in [0.25, 0.3) is 5.57 Å². The van der Waals surface area contributed by atoms with Crippen molar-refractivity contribution in [2.75, 3.05) is 0 Å². The molecular weight excluding hydrogens is 242 g/mol. The van der Waals surface area contributed by atoms with Crippen LogP contribution < -0.4 is 0 Å². The van der Waals surface area contributed by atoms with Gasteiger partial charge in [0.1, 0.15) is 5.16 Å². The molecule has 0 atom stereocenters. The SMILES string of the molecule is C=C1CCc2cc(C3=C(Cl)N=C(C)C3)ccc2C1. The summed E-state index contributed by atoms with van der Waals surface area (Å²) in [5.41, 5.74) is 7.70. The van der Waals surface area contributed by atoms with Crippen molar-refractivity contribution in [3.63, 3.8) is 0 Å². The molecule has 0 radical (unpaired) electrons. The van der Waals surface area contributed by atoms with Crippen molar-refractivity contribution in [3.8, 4) is 0 Å². The number of hydrogen-bond acceptors (Lipinski definition) is 1. The third kappa shape index (κ3) is 2.04. The highest BCUT2D eigenvalue weighted by Gasteiger charge is 2.18. The molecule has 2 heteroatoms. The van der Waals surface area contributed by atoms with E-state index in [1.54, 1.807) is 0 Å². The van der Waals surface area contributed by atoms with Crippen LogP contribution in [0.2, 0.25) is 0 Å². The van der Waals surface area contributed by atoms with E-state index in [4.69, 9.17) is 11.6 Å². The summed E-state index contributed by atoms with van der Waals surface area (Å²) >= 11 is 6.19. The van der Waals surface area contributed by atoms with Crippen LogP contribution in [-0.2, 0) is 12.8 Å². The van der Waals surface area contributed by atoms with Gasteiger partial charge in [0.15, 0.2) is 0 Å². The summed E-state index contributed by atoms with van der Waals surface area (Å²) < 4.78 is 0. The van der Waals surface area contributed by atoms with Crippen LogP contribution in [0, 0.1) is 0 Å². The number of halogens is 1. The summed E-state index contributed by atoms with van der Waals surface area (Å²) in [6.45, 7) is 6.11.